The molecule has 0 atom stereocenters. The van der Waals surface area contributed by atoms with Crippen LogP contribution in [0.3, 0.4) is 0 Å². The highest BCUT2D eigenvalue weighted by Crippen LogP contribution is 2.29. The minimum Gasteiger partial charge on any atom is -0.339 e. The van der Waals surface area contributed by atoms with Gasteiger partial charge in [-0.25, -0.2) is 8.91 Å². The van der Waals surface area contributed by atoms with Crippen molar-refractivity contribution in [1.82, 2.24) is 19.4 Å². The van der Waals surface area contributed by atoms with Gasteiger partial charge in [-0.05, 0) is 87.0 Å². The summed E-state index contributed by atoms with van der Waals surface area (Å²) in [6, 6.07) is 10.3. The quantitative estimate of drug-likeness (QED) is 0.270. The largest absolute Gasteiger partial charge is 0.339 e. The molecular weight excluding hydrogens is 475 g/mol. The number of nitrogens with zero attached hydrogens (tertiary/aromatic N) is 4. The van der Waals surface area contributed by atoms with Gasteiger partial charge < -0.3 is 4.90 Å². The van der Waals surface area contributed by atoms with E-state index in [1.54, 1.807) is 12.1 Å². The molecule has 1 aliphatic rings. The van der Waals surface area contributed by atoms with Crippen molar-refractivity contribution in [2.45, 2.75) is 59.8 Å². The van der Waals surface area contributed by atoms with Gasteiger partial charge in [-0.3, -0.25) is 9.69 Å². The highest BCUT2D eigenvalue weighted by atomic mass is 19.1. The van der Waals surface area contributed by atoms with E-state index in [1.165, 1.54) is 31.4 Å². The summed E-state index contributed by atoms with van der Waals surface area (Å²) < 4.78 is 15.5. The predicted octanol–water partition coefficient (Wildman–Crippen LogP) is 7.17. The van der Waals surface area contributed by atoms with Gasteiger partial charge in [0.05, 0.1) is 5.52 Å². The molecule has 38 heavy (non-hydrogen) atoms. The van der Waals surface area contributed by atoms with E-state index >= 15 is 0 Å². The first-order chi connectivity index (χ1) is 18.3. The van der Waals surface area contributed by atoms with E-state index in [2.05, 4.69) is 44.7 Å². The van der Waals surface area contributed by atoms with E-state index in [0.717, 1.165) is 67.9 Å². The highest BCUT2D eigenvalue weighted by molar-refractivity contribution is 5.96. The van der Waals surface area contributed by atoms with E-state index in [0.29, 0.717) is 17.4 Å². The number of carbonyl (C=O) groups is 1. The Morgan fingerprint density at radius 2 is 1.66 bits per heavy atom. The maximum absolute atomic E-state index is 13.7. The van der Waals surface area contributed by atoms with Crippen molar-refractivity contribution in [2.75, 3.05) is 32.7 Å². The molecule has 1 aliphatic heterocycles. The third-order valence-corrected chi connectivity index (χ3v) is 7.37. The summed E-state index contributed by atoms with van der Waals surface area (Å²) in [7, 11) is 0. The predicted molar refractivity (Wildman–Crippen MR) is 155 cm³/mol. The second-order valence-electron chi connectivity index (χ2n) is 11.4. The van der Waals surface area contributed by atoms with Crippen molar-refractivity contribution in [3.8, 4) is 11.3 Å². The van der Waals surface area contributed by atoms with Crippen molar-refractivity contribution in [3.05, 3.63) is 65.6 Å². The lowest BCUT2D eigenvalue weighted by Crippen LogP contribution is -2.34. The van der Waals surface area contributed by atoms with Crippen LogP contribution in [0.15, 0.2) is 48.7 Å². The maximum atomic E-state index is 13.7. The third-order valence-electron chi connectivity index (χ3n) is 7.37. The van der Waals surface area contributed by atoms with Crippen LogP contribution in [0.1, 0.15) is 75.7 Å². The first kappa shape index (κ1) is 28.0. The molecule has 0 aliphatic carbocycles. The number of pyridine rings is 1. The van der Waals surface area contributed by atoms with Gasteiger partial charge in [-0.1, -0.05) is 46.3 Å². The fourth-order valence-corrected chi connectivity index (χ4v) is 4.97. The fraction of sp³-hybridized carbons (Fsp3) is 0.500. The van der Waals surface area contributed by atoms with Crippen LogP contribution in [0.25, 0.3) is 22.9 Å². The Balaban J connectivity index is 1.68. The number of carbonyl (C=O) groups excluding carboxylic acids is 1. The molecule has 0 saturated carbocycles. The van der Waals surface area contributed by atoms with Crippen molar-refractivity contribution in [2.24, 2.45) is 11.8 Å². The van der Waals surface area contributed by atoms with Gasteiger partial charge in [0.1, 0.15) is 11.5 Å². The lowest BCUT2D eigenvalue weighted by Gasteiger charge is -2.25. The smallest absolute Gasteiger partial charge is 0.253 e. The molecule has 0 bridgehead atoms. The van der Waals surface area contributed by atoms with Crippen LogP contribution >= 0.6 is 0 Å². The second kappa shape index (κ2) is 13.2. The topological polar surface area (TPSA) is 40.9 Å². The number of hydrogen-bond donors (Lipinski definition) is 0. The number of hydrogen-bond acceptors (Lipinski definition) is 3. The van der Waals surface area contributed by atoms with Gasteiger partial charge in [-0.2, -0.15) is 5.10 Å². The van der Waals surface area contributed by atoms with Crippen LogP contribution in [0, 0.1) is 17.7 Å². The number of halogens is 1. The molecule has 3 heterocycles. The van der Waals surface area contributed by atoms with Crippen LogP contribution in [0.5, 0.6) is 0 Å². The summed E-state index contributed by atoms with van der Waals surface area (Å²) in [4.78, 5) is 18.2. The normalized spacial score (nSPS) is 14.8. The molecule has 3 aromatic rings. The Morgan fingerprint density at radius 1 is 1.00 bits per heavy atom. The van der Waals surface area contributed by atoms with Gasteiger partial charge in [0.25, 0.3) is 5.91 Å². The summed E-state index contributed by atoms with van der Waals surface area (Å²) in [6.07, 6.45) is 12.0. The van der Waals surface area contributed by atoms with Crippen LogP contribution in [-0.2, 0) is 0 Å². The number of likely N-dealkylation sites (tertiary alicyclic amines) is 1. The SMILES string of the molecule is CC(C)CCN(CCC(C)C)C(=O)c1ccn2nc(-c3ccc(F)cc3)c(C=CCN3CCCCC3)c2c1. The van der Waals surface area contributed by atoms with Gasteiger partial charge in [0.15, 0.2) is 0 Å². The molecule has 0 unspecified atom stereocenters. The average Bonchev–Trinajstić information content (AvgIpc) is 3.27. The molecular formula is C32H43FN4O. The molecule has 204 valence electrons. The molecule has 1 saturated heterocycles. The number of amides is 1. The molecule has 0 spiro atoms. The van der Waals surface area contributed by atoms with Gasteiger partial charge in [-0.15, -0.1) is 0 Å². The van der Waals surface area contributed by atoms with E-state index < -0.39 is 0 Å². The lowest BCUT2D eigenvalue weighted by molar-refractivity contribution is 0.0741. The van der Waals surface area contributed by atoms with E-state index in [9.17, 15) is 9.18 Å². The summed E-state index contributed by atoms with van der Waals surface area (Å²) in [5.41, 5.74) is 4.18. The average molecular weight is 519 g/mol. The summed E-state index contributed by atoms with van der Waals surface area (Å²) in [5.74, 6) is 0.880. The fourth-order valence-electron chi connectivity index (χ4n) is 4.97. The van der Waals surface area contributed by atoms with Crippen molar-refractivity contribution in [1.29, 1.82) is 0 Å². The Bertz CT molecular complexity index is 1210. The zero-order valence-electron chi connectivity index (χ0n) is 23.5. The van der Waals surface area contributed by atoms with E-state index in [4.69, 9.17) is 5.10 Å². The minimum atomic E-state index is -0.268. The zero-order chi connectivity index (χ0) is 27.1. The van der Waals surface area contributed by atoms with E-state index in [-0.39, 0.29) is 11.7 Å². The number of piperidine rings is 1. The molecule has 5 nitrogen and oxygen atoms in total. The Kier molecular flexibility index (Phi) is 9.73. The zero-order valence-corrected chi connectivity index (χ0v) is 23.5. The van der Waals surface area contributed by atoms with Crippen LogP contribution in [0.4, 0.5) is 4.39 Å². The van der Waals surface area contributed by atoms with Crippen LogP contribution in [-0.4, -0.2) is 58.0 Å². The standard InChI is InChI=1S/C32H43FN4O/c1-24(2)14-20-36(21-15-25(3)4)32(38)27-16-22-37-30(23-27)29(9-8-19-35-17-6-5-7-18-35)31(34-37)26-10-12-28(33)13-11-26/h8-13,16,22-25H,5-7,14-15,17-21H2,1-4H3. The van der Waals surface area contributed by atoms with Crippen LogP contribution in [0.2, 0.25) is 0 Å². The molecule has 1 aromatic carbocycles. The second-order valence-corrected chi connectivity index (χ2v) is 11.4. The van der Waals surface area contributed by atoms with Crippen molar-refractivity contribution in [3.63, 3.8) is 0 Å². The van der Waals surface area contributed by atoms with Gasteiger partial charge in [0.2, 0.25) is 0 Å². The van der Waals surface area contributed by atoms with Crippen molar-refractivity contribution >= 4 is 17.5 Å². The Labute approximate surface area is 227 Å². The monoisotopic (exact) mass is 518 g/mol. The van der Waals surface area contributed by atoms with Gasteiger partial charge >= 0.3 is 0 Å². The number of fused-ring (bicyclic) bond motifs is 1. The first-order valence-electron chi connectivity index (χ1n) is 14.3. The molecule has 1 fully saturated rings. The molecule has 2 aromatic heterocycles. The van der Waals surface area contributed by atoms with Gasteiger partial charge in [0, 0.05) is 42.5 Å². The minimum absolute atomic E-state index is 0.0709. The highest BCUT2D eigenvalue weighted by Gasteiger charge is 2.20. The molecule has 4 rings (SSSR count). The molecule has 1 amide bonds. The number of aromatic nitrogens is 2. The number of rotatable bonds is 11. The number of benzene rings is 1. The maximum Gasteiger partial charge on any atom is 0.253 e. The Morgan fingerprint density at radius 3 is 2.29 bits per heavy atom. The summed E-state index contributed by atoms with van der Waals surface area (Å²) in [6.45, 7) is 13.5. The third kappa shape index (κ3) is 7.31. The lowest BCUT2D eigenvalue weighted by atomic mass is 10.0. The molecule has 6 heteroatoms. The molecule has 0 N–H and O–H groups in total. The van der Waals surface area contributed by atoms with E-state index in [1.807, 2.05) is 27.7 Å². The summed E-state index contributed by atoms with van der Waals surface area (Å²) >= 11 is 0. The summed E-state index contributed by atoms with van der Waals surface area (Å²) in [5, 5.41) is 4.85. The first-order valence-corrected chi connectivity index (χ1v) is 14.3. The van der Waals surface area contributed by atoms with Crippen molar-refractivity contribution < 1.29 is 9.18 Å². The Hall–Kier alpha value is -2.99. The molecule has 0 radical (unpaired) electrons. The van der Waals surface area contributed by atoms with Crippen LogP contribution < -0.4 is 0 Å².